The second-order valence-electron chi connectivity index (χ2n) is 4.94. The molecule has 0 aromatic carbocycles. The number of methoxy groups -OCH3 is 1. The molecule has 96 valence electrons. The van der Waals surface area contributed by atoms with E-state index >= 15 is 0 Å². The van der Waals surface area contributed by atoms with Gasteiger partial charge in [-0.2, -0.15) is 0 Å². The van der Waals surface area contributed by atoms with Gasteiger partial charge in [-0.15, -0.1) is 0 Å². The van der Waals surface area contributed by atoms with Crippen molar-refractivity contribution in [3.8, 4) is 0 Å². The minimum absolute atomic E-state index is 0.304. The molecule has 1 heterocycles. The van der Waals surface area contributed by atoms with Crippen LogP contribution in [0.3, 0.4) is 0 Å². The van der Waals surface area contributed by atoms with Gasteiger partial charge in [0, 0.05) is 13.1 Å². The van der Waals surface area contributed by atoms with Crippen LogP contribution in [0.25, 0.3) is 0 Å². The van der Waals surface area contributed by atoms with Crippen molar-refractivity contribution in [1.82, 2.24) is 4.90 Å². The summed E-state index contributed by atoms with van der Waals surface area (Å²) in [4.78, 5) is 24.6. The lowest BCUT2D eigenvalue weighted by molar-refractivity contribution is -0.144. The Labute approximate surface area is 101 Å². The smallest absolute Gasteiger partial charge is 0.410 e. The second-order valence-corrected chi connectivity index (χ2v) is 4.94. The van der Waals surface area contributed by atoms with E-state index in [-0.39, 0.29) is 5.97 Å². The van der Waals surface area contributed by atoms with Crippen molar-refractivity contribution in [2.24, 2.45) is 5.92 Å². The number of hydrogen-bond acceptors (Lipinski definition) is 4. The zero-order valence-corrected chi connectivity index (χ0v) is 10.7. The maximum Gasteiger partial charge on any atom is 0.410 e. The van der Waals surface area contributed by atoms with Crippen LogP contribution in [-0.2, 0) is 14.3 Å². The van der Waals surface area contributed by atoms with Crippen LogP contribution < -0.4 is 0 Å². The van der Waals surface area contributed by atoms with Gasteiger partial charge >= 0.3 is 12.1 Å². The van der Waals surface area contributed by atoms with Crippen molar-refractivity contribution in [3.63, 3.8) is 0 Å². The molecule has 0 saturated carbocycles. The summed E-state index contributed by atoms with van der Waals surface area (Å²) in [6, 6.07) is 0. The van der Waals surface area contributed by atoms with Crippen LogP contribution >= 0.6 is 0 Å². The largest absolute Gasteiger partial charge is 0.469 e. The van der Waals surface area contributed by atoms with Crippen molar-refractivity contribution < 1.29 is 19.1 Å². The molecule has 0 saturated heterocycles. The molecule has 0 radical (unpaired) electrons. The molecule has 1 aliphatic heterocycles. The van der Waals surface area contributed by atoms with Crippen molar-refractivity contribution in [2.75, 3.05) is 20.2 Å². The van der Waals surface area contributed by atoms with E-state index in [0.717, 1.165) is 0 Å². The summed E-state index contributed by atoms with van der Waals surface area (Å²) in [5, 5.41) is 0. The zero-order chi connectivity index (χ0) is 13.1. The van der Waals surface area contributed by atoms with Crippen molar-refractivity contribution >= 4 is 12.1 Å². The third-order valence-corrected chi connectivity index (χ3v) is 2.27. The fourth-order valence-electron chi connectivity index (χ4n) is 1.51. The molecule has 0 bridgehead atoms. The molecule has 1 unspecified atom stereocenters. The van der Waals surface area contributed by atoms with Crippen LogP contribution in [0.15, 0.2) is 12.2 Å². The predicted molar refractivity (Wildman–Crippen MR) is 62.5 cm³/mol. The average Bonchev–Trinajstić information content (AvgIpc) is 2.26. The Balaban J connectivity index is 2.60. The van der Waals surface area contributed by atoms with Crippen LogP contribution in [0.4, 0.5) is 4.79 Å². The molecule has 0 aromatic heterocycles. The molecular weight excluding hydrogens is 222 g/mol. The summed E-state index contributed by atoms with van der Waals surface area (Å²) >= 11 is 0. The summed E-state index contributed by atoms with van der Waals surface area (Å²) in [7, 11) is 1.34. The van der Waals surface area contributed by atoms with E-state index in [1.54, 1.807) is 12.2 Å². The first kappa shape index (κ1) is 13.5. The number of nitrogens with zero attached hydrogens (tertiary/aromatic N) is 1. The number of carbonyl (C=O) groups is 2. The number of hydrogen-bond donors (Lipinski definition) is 0. The van der Waals surface area contributed by atoms with Crippen molar-refractivity contribution in [1.29, 1.82) is 0 Å². The summed E-state index contributed by atoms with van der Waals surface area (Å²) < 4.78 is 9.89. The average molecular weight is 241 g/mol. The van der Waals surface area contributed by atoms with E-state index in [1.807, 2.05) is 20.8 Å². The molecule has 17 heavy (non-hydrogen) atoms. The maximum absolute atomic E-state index is 11.8. The Kier molecular flexibility index (Phi) is 4.15. The van der Waals surface area contributed by atoms with Gasteiger partial charge < -0.3 is 14.4 Å². The van der Waals surface area contributed by atoms with Gasteiger partial charge in [-0.05, 0) is 20.8 Å². The molecule has 0 aliphatic carbocycles. The first-order chi connectivity index (χ1) is 7.83. The first-order valence-corrected chi connectivity index (χ1v) is 5.56. The van der Waals surface area contributed by atoms with Gasteiger partial charge in [0.05, 0.1) is 13.0 Å². The lowest BCUT2D eigenvalue weighted by Crippen LogP contribution is -2.43. The Morgan fingerprint density at radius 2 is 2.00 bits per heavy atom. The quantitative estimate of drug-likeness (QED) is 0.516. The number of rotatable bonds is 1. The molecule has 0 fully saturated rings. The minimum atomic E-state index is -0.529. The molecule has 5 heteroatoms. The Morgan fingerprint density at radius 1 is 1.35 bits per heavy atom. The van der Waals surface area contributed by atoms with Crippen LogP contribution in [0, 0.1) is 5.92 Å². The summed E-state index contributed by atoms with van der Waals surface area (Å²) in [5.74, 6) is -0.740. The van der Waals surface area contributed by atoms with Gasteiger partial charge in [-0.25, -0.2) is 4.79 Å². The third-order valence-electron chi connectivity index (χ3n) is 2.27. The van der Waals surface area contributed by atoms with Gasteiger partial charge in [0.1, 0.15) is 5.60 Å². The van der Waals surface area contributed by atoms with Gasteiger partial charge in [-0.1, -0.05) is 12.2 Å². The molecule has 1 atom stereocenters. The fraction of sp³-hybridized carbons (Fsp3) is 0.667. The first-order valence-electron chi connectivity index (χ1n) is 5.56. The Hall–Kier alpha value is -1.52. The lowest BCUT2D eigenvalue weighted by atomic mass is 10.1. The molecular formula is C12H19NO4. The van der Waals surface area contributed by atoms with Crippen LogP contribution in [0.5, 0.6) is 0 Å². The molecule has 1 aliphatic rings. The maximum atomic E-state index is 11.8. The number of ether oxygens (including phenoxy) is 2. The topological polar surface area (TPSA) is 55.8 Å². The molecule has 0 N–H and O–H groups in total. The van der Waals surface area contributed by atoms with Gasteiger partial charge in [-0.3, -0.25) is 4.79 Å². The Morgan fingerprint density at radius 3 is 2.53 bits per heavy atom. The highest BCUT2D eigenvalue weighted by Crippen LogP contribution is 2.15. The van der Waals surface area contributed by atoms with E-state index in [0.29, 0.717) is 13.1 Å². The number of esters is 1. The lowest BCUT2D eigenvalue weighted by Gasteiger charge is -2.30. The fourth-order valence-corrected chi connectivity index (χ4v) is 1.51. The Bertz CT molecular complexity index is 330. The molecule has 0 spiro atoms. The zero-order valence-electron chi connectivity index (χ0n) is 10.7. The van der Waals surface area contributed by atoms with E-state index in [4.69, 9.17) is 4.74 Å². The highest BCUT2D eigenvalue weighted by molar-refractivity contribution is 5.76. The highest BCUT2D eigenvalue weighted by atomic mass is 16.6. The van der Waals surface area contributed by atoms with Crippen LogP contribution in [0.1, 0.15) is 20.8 Å². The monoisotopic (exact) mass is 241 g/mol. The molecule has 0 aromatic rings. The van der Waals surface area contributed by atoms with Crippen LogP contribution in [-0.4, -0.2) is 42.8 Å². The van der Waals surface area contributed by atoms with Crippen molar-refractivity contribution in [2.45, 2.75) is 26.4 Å². The SMILES string of the molecule is COC(=O)C1C=CCN(C(=O)OC(C)(C)C)C1. The molecule has 1 rings (SSSR count). The number of amides is 1. The summed E-state index contributed by atoms with van der Waals surface area (Å²) in [6.45, 7) is 6.19. The normalized spacial score (nSPS) is 20.0. The highest BCUT2D eigenvalue weighted by Gasteiger charge is 2.28. The standard InChI is InChI=1S/C12H19NO4/c1-12(2,3)17-11(15)13-7-5-6-9(8-13)10(14)16-4/h5-6,9H,7-8H2,1-4H3. The van der Waals surface area contributed by atoms with Crippen LogP contribution in [0.2, 0.25) is 0 Å². The van der Waals surface area contributed by atoms with E-state index in [1.165, 1.54) is 12.0 Å². The van der Waals surface area contributed by atoms with Gasteiger partial charge in [0.25, 0.3) is 0 Å². The van der Waals surface area contributed by atoms with E-state index in [9.17, 15) is 9.59 Å². The van der Waals surface area contributed by atoms with Gasteiger partial charge in [0.2, 0.25) is 0 Å². The molecule has 5 nitrogen and oxygen atoms in total. The minimum Gasteiger partial charge on any atom is -0.469 e. The third kappa shape index (κ3) is 4.09. The second kappa shape index (κ2) is 5.21. The van der Waals surface area contributed by atoms with Crippen molar-refractivity contribution in [3.05, 3.63) is 12.2 Å². The molecule has 1 amide bonds. The van der Waals surface area contributed by atoms with E-state index in [2.05, 4.69) is 4.74 Å². The van der Waals surface area contributed by atoms with E-state index < -0.39 is 17.6 Å². The predicted octanol–water partition coefficient (Wildman–Crippen LogP) is 1.58. The summed E-state index contributed by atoms with van der Waals surface area (Å²) in [6.07, 6.45) is 3.12. The number of carbonyl (C=O) groups excluding carboxylic acids is 2. The van der Waals surface area contributed by atoms with Gasteiger partial charge in [0.15, 0.2) is 0 Å². The summed E-state index contributed by atoms with van der Waals surface area (Å²) in [5.41, 5.74) is -0.529.